The van der Waals surface area contributed by atoms with Gasteiger partial charge in [0.05, 0.1) is 10.9 Å². The number of benzene rings is 2. The third-order valence-corrected chi connectivity index (χ3v) is 3.45. The lowest BCUT2D eigenvalue weighted by Crippen LogP contribution is -2.10. The summed E-state index contributed by atoms with van der Waals surface area (Å²) in [4.78, 5) is 23.5. The van der Waals surface area contributed by atoms with E-state index in [9.17, 15) is 4.79 Å². The molecule has 2 N–H and O–H groups in total. The molecule has 0 atom stereocenters. The topological polar surface area (TPSA) is 87.3 Å². The lowest BCUT2D eigenvalue weighted by atomic mass is 10.0. The standard InChI is InChI=1S/C16H11N5O/c22-16-12-8-11(10-4-2-1-3-5-10)6-7-13(12)19-15(20-16)14-17-9-18-21-14/h1-9H,(H,17,18,21)(H,19,20,22). The van der Waals surface area contributed by atoms with E-state index in [-0.39, 0.29) is 5.56 Å². The van der Waals surface area contributed by atoms with Gasteiger partial charge >= 0.3 is 0 Å². The first-order valence-corrected chi connectivity index (χ1v) is 6.76. The molecule has 0 spiro atoms. The number of rotatable bonds is 2. The number of hydrogen-bond donors (Lipinski definition) is 2. The van der Waals surface area contributed by atoms with Crippen molar-refractivity contribution in [3.05, 3.63) is 65.2 Å². The molecule has 0 saturated heterocycles. The largest absolute Gasteiger partial charge is 0.303 e. The van der Waals surface area contributed by atoms with Crippen LogP contribution in [0.4, 0.5) is 0 Å². The number of aromatic amines is 2. The molecule has 4 aromatic rings. The summed E-state index contributed by atoms with van der Waals surface area (Å²) in [7, 11) is 0. The monoisotopic (exact) mass is 289 g/mol. The van der Waals surface area contributed by atoms with Gasteiger partial charge in [0.15, 0.2) is 11.6 Å². The lowest BCUT2D eigenvalue weighted by Gasteiger charge is -2.04. The maximum Gasteiger partial charge on any atom is 0.259 e. The third-order valence-electron chi connectivity index (χ3n) is 3.45. The van der Waals surface area contributed by atoms with Crippen molar-refractivity contribution in [3.8, 4) is 22.8 Å². The number of hydrogen-bond acceptors (Lipinski definition) is 4. The molecule has 0 saturated carbocycles. The van der Waals surface area contributed by atoms with Crippen LogP contribution in [0.15, 0.2) is 59.7 Å². The molecule has 6 nitrogen and oxygen atoms in total. The molecule has 0 aliphatic heterocycles. The summed E-state index contributed by atoms with van der Waals surface area (Å²) in [5.74, 6) is 0.814. The van der Waals surface area contributed by atoms with E-state index >= 15 is 0 Å². The first-order valence-electron chi connectivity index (χ1n) is 6.76. The molecule has 22 heavy (non-hydrogen) atoms. The van der Waals surface area contributed by atoms with Crippen molar-refractivity contribution < 1.29 is 0 Å². The van der Waals surface area contributed by atoms with E-state index in [0.717, 1.165) is 11.1 Å². The molecule has 0 radical (unpaired) electrons. The average Bonchev–Trinajstić information content (AvgIpc) is 3.10. The summed E-state index contributed by atoms with van der Waals surface area (Å²) in [6.45, 7) is 0. The molecule has 0 aliphatic carbocycles. The fourth-order valence-corrected chi connectivity index (χ4v) is 2.38. The number of aromatic nitrogens is 5. The van der Waals surface area contributed by atoms with Crippen molar-refractivity contribution in [2.45, 2.75) is 0 Å². The summed E-state index contributed by atoms with van der Waals surface area (Å²) in [6.07, 6.45) is 1.37. The van der Waals surface area contributed by atoms with Crippen molar-refractivity contribution in [2.75, 3.05) is 0 Å². The third kappa shape index (κ3) is 2.07. The smallest absolute Gasteiger partial charge is 0.259 e. The molecule has 0 amide bonds. The highest BCUT2D eigenvalue weighted by atomic mass is 16.1. The zero-order valence-electron chi connectivity index (χ0n) is 11.4. The maximum absolute atomic E-state index is 12.3. The zero-order chi connectivity index (χ0) is 14.9. The van der Waals surface area contributed by atoms with Crippen LogP contribution in [-0.4, -0.2) is 25.1 Å². The molecule has 0 unspecified atom stereocenters. The van der Waals surface area contributed by atoms with Gasteiger partial charge in [-0.15, -0.1) is 0 Å². The Morgan fingerprint density at radius 3 is 2.55 bits per heavy atom. The first kappa shape index (κ1) is 12.5. The number of fused-ring (bicyclic) bond motifs is 1. The van der Waals surface area contributed by atoms with E-state index in [1.54, 1.807) is 0 Å². The molecule has 0 aliphatic rings. The first-order chi connectivity index (χ1) is 10.8. The minimum absolute atomic E-state index is 0.200. The fourth-order valence-electron chi connectivity index (χ4n) is 2.38. The second-order valence-electron chi connectivity index (χ2n) is 4.85. The molecule has 2 heterocycles. The highest BCUT2D eigenvalue weighted by molar-refractivity contribution is 5.84. The van der Waals surface area contributed by atoms with Gasteiger partial charge in [0.1, 0.15) is 6.33 Å². The second kappa shape index (κ2) is 4.92. The molecule has 106 valence electrons. The Labute approximate surface area is 124 Å². The summed E-state index contributed by atoms with van der Waals surface area (Å²) >= 11 is 0. The van der Waals surface area contributed by atoms with Gasteiger partial charge in [-0.2, -0.15) is 5.10 Å². The molecule has 2 aromatic heterocycles. The quantitative estimate of drug-likeness (QED) is 0.593. The number of nitrogens with zero attached hydrogens (tertiary/aromatic N) is 3. The SMILES string of the molecule is O=c1[nH]c(-c2ncn[nH]2)nc2ccc(-c3ccccc3)cc12. The Bertz CT molecular complexity index is 990. The number of nitrogens with one attached hydrogen (secondary N) is 2. The Kier molecular flexibility index (Phi) is 2.79. The van der Waals surface area contributed by atoms with Gasteiger partial charge in [-0.1, -0.05) is 36.4 Å². The van der Waals surface area contributed by atoms with Gasteiger partial charge in [-0.25, -0.2) is 9.97 Å². The fraction of sp³-hybridized carbons (Fsp3) is 0. The summed E-state index contributed by atoms with van der Waals surface area (Å²) in [5.41, 5.74) is 2.46. The predicted octanol–water partition coefficient (Wildman–Crippen LogP) is 2.38. The second-order valence-corrected chi connectivity index (χ2v) is 4.85. The highest BCUT2D eigenvalue weighted by Crippen LogP contribution is 2.22. The van der Waals surface area contributed by atoms with E-state index in [1.165, 1.54) is 6.33 Å². The van der Waals surface area contributed by atoms with Gasteiger partial charge in [-0.05, 0) is 23.3 Å². The highest BCUT2D eigenvalue weighted by Gasteiger charge is 2.09. The average molecular weight is 289 g/mol. The van der Waals surface area contributed by atoms with Gasteiger partial charge in [0.25, 0.3) is 5.56 Å². The Morgan fingerprint density at radius 2 is 1.77 bits per heavy atom. The summed E-state index contributed by atoms with van der Waals surface area (Å²) < 4.78 is 0. The van der Waals surface area contributed by atoms with Crippen molar-refractivity contribution in [1.82, 2.24) is 25.1 Å². The van der Waals surface area contributed by atoms with Crippen molar-refractivity contribution in [3.63, 3.8) is 0 Å². The molecule has 0 fully saturated rings. The van der Waals surface area contributed by atoms with Gasteiger partial charge in [0, 0.05) is 0 Å². The van der Waals surface area contributed by atoms with Crippen LogP contribution in [0.1, 0.15) is 0 Å². The van der Waals surface area contributed by atoms with Crippen LogP contribution < -0.4 is 5.56 Å². The Balaban J connectivity index is 1.90. The van der Waals surface area contributed by atoms with Crippen molar-refractivity contribution >= 4 is 10.9 Å². The molecule has 2 aromatic carbocycles. The van der Waals surface area contributed by atoms with Crippen LogP contribution in [0.25, 0.3) is 33.7 Å². The van der Waals surface area contributed by atoms with Crippen LogP contribution >= 0.6 is 0 Å². The maximum atomic E-state index is 12.3. The summed E-state index contributed by atoms with van der Waals surface area (Å²) in [5, 5.41) is 7.00. The molecule has 4 rings (SSSR count). The van der Waals surface area contributed by atoms with Gasteiger partial charge in [0.2, 0.25) is 0 Å². The van der Waals surface area contributed by atoms with Crippen LogP contribution in [0.3, 0.4) is 0 Å². The van der Waals surface area contributed by atoms with E-state index in [0.29, 0.717) is 22.6 Å². The minimum atomic E-state index is -0.200. The van der Waals surface area contributed by atoms with Crippen LogP contribution in [-0.2, 0) is 0 Å². The van der Waals surface area contributed by atoms with Crippen molar-refractivity contribution in [2.24, 2.45) is 0 Å². The van der Waals surface area contributed by atoms with E-state index in [4.69, 9.17) is 0 Å². The van der Waals surface area contributed by atoms with Gasteiger partial charge < -0.3 is 4.98 Å². The molecular weight excluding hydrogens is 278 g/mol. The lowest BCUT2D eigenvalue weighted by molar-refractivity contribution is 1.06. The van der Waals surface area contributed by atoms with E-state index in [2.05, 4.69) is 25.1 Å². The predicted molar refractivity (Wildman–Crippen MR) is 83.2 cm³/mol. The number of H-pyrrole nitrogens is 2. The molecule has 0 bridgehead atoms. The van der Waals surface area contributed by atoms with E-state index in [1.807, 2.05) is 48.5 Å². The van der Waals surface area contributed by atoms with Crippen LogP contribution in [0, 0.1) is 0 Å². The minimum Gasteiger partial charge on any atom is -0.303 e. The Hall–Kier alpha value is -3.28. The van der Waals surface area contributed by atoms with Crippen LogP contribution in [0.5, 0.6) is 0 Å². The Morgan fingerprint density at radius 1 is 0.909 bits per heavy atom. The molecule has 6 heteroatoms. The normalized spacial score (nSPS) is 10.9. The van der Waals surface area contributed by atoms with E-state index < -0.39 is 0 Å². The van der Waals surface area contributed by atoms with Gasteiger partial charge in [-0.3, -0.25) is 9.89 Å². The zero-order valence-corrected chi connectivity index (χ0v) is 11.4. The summed E-state index contributed by atoms with van der Waals surface area (Å²) in [6, 6.07) is 15.5. The molecular formula is C16H11N5O. The van der Waals surface area contributed by atoms with Crippen LogP contribution in [0.2, 0.25) is 0 Å². The van der Waals surface area contributed by atoms with Crippen molar-refractivity contribution in [1.29, 1.82) is 0 Å².